The highest BCUT2D eigenvalue weighted by Gasteiger charge is 2.25. The van der Waals surface area contributed by atoms with Gasteiger partial charge >= 0.3 is 0 Å². The van der Waals surface area contributed by atoms with Crippen LogP contribution in [0.3, 0.4) is 0 Å². The second-order valence-electron chi connectivity index (χ2n) is 5.57. The number of aromatic nitrogens is 1. The van der Waals surface area contributed by atoms with Gasteiger partial charge in [0.25, 0.3) is 5.91 Å². The SMILES string of the molecule is CC(C)C(=O)N1CCC(NC(=O)c2cccc(F)n2)CC1. The minimum Gasteiger partial charge on any atom is -0.348 e. The molecule has 0 atom stereocenters. The van der Waals surface area contributed by atoms with Crippen LogP contribution in [0.1, 0.15) is 37.2 Å². The third kappa shape index (κ3) is 4.00. The molecular formula is C15H20FN3O2. The Hall–Kier alpha value is -1.98. The van der Waals surface area contributed by atoms with Gasteiger partial charge in [-0.3, -0.25) is 9.59 Å². The van der Waals surface area contributed by atoms with Crippen LogP contribution in [-0.4, -0.2) is 40.8 Å². The fourth-order valence-electron chi connectivity index (χ4n) is 2.40. The molecular weight excluding hydrogens is 273 g/mol. The zero-order valence-corrected chi connectivity index (χ0v) is 12.3. The number of likely N-dealkylation sites (tertiary alicyclic amines) is 1. The molecule has 0 spiro atoms. The Balaban J connectivity index is 1.86. The first-order valence-electron chi connectivity index (χ1n) is 7.19. The maximum atomic E-state index is 13.0. The number of hydrogen-bond acceptors (Lipinski definition) is 3. The van der Waals surface area contributed by atoms with Gasteiger partial charge in [0.2, 0.25) is 11.9 Å². The van der Waals surface area contributed by atoms with Crippen LogP contribution in [0.2, 0.25) is 0 Å². The number of carbonyl (C=O) groups is 2. The van der Waals surface area contributed by atoms with E-state index in [1.165, 1.54) is 18.2 Å². The molecule has 1 aromatic heterocycles. The van der Waals surface area contributed by atoms with Crippen molar-refractivity contribution in [2.45, 2.75) is 32.7 Å². The summed E-state index contributed by atoms with van der Waals surface area (Å²) in [6, 6.07) is 4.14. The lowest BCUT2D eigenvalue weighted by Gasteiger charge is -2.33. The molecule has 0 aromatic carbocycles. The highest BCUT2D eigenvalue weighted by molar-refractivity contribution is 5.92. The monoisotopic (exact) mass is 293 g/mol. The van der Waals surface area contributed by atoms with Crippen molar-refractivity contribution in [2.75, 3.05) is 13.1 Å². The first-order chi connectivity index (χ1) is 9.97. The lowest BCUT2D eigenvalue weighted by Crippen LogP contribution is -2.47. The molecule has 1 saturated heterocycles. The number of pyridine rings is 1. The van der Waals surface area contributed by atoms with Gasteiger partial charge in [-0.2, -0.15) is 4.39 Å². The Morgan fingerprint density at radius 2 is 2.00 bits per heavy atom. The molecule has 0 saturated carbocycles. The molecule has 0 bridgehead atoms. The number of halogens is 1. The van der Waals surface area contributed by atoms with E-state index in [1.54, 1.807) is 0 Å². The molecule has 2 amide bonds. The summed E-state index contributed by atoms with van der Waals surface area (Å²) in [5.74, 6) is -0.901. The largest absolute Gasteiger partial charge is 0.348 e. The maximum absolute atomic E-state index is 13.0. The molecule has 1 N–H and O–H groups in total. The Labute approximate surface area is 123 Å². The fourth-order valence-corrected chi connectivity index (χ4v) is 2.40. The van der Waals surface area contributed by atoms with Crippen LogP contribution in [0, 0.1) is 11.9 Å². The van der Waals surface area contributed by atoms with E-state index < -0.39 is 5.95 Å². The summed E-state index contributed by atoms with van der Waals surface area (Å²) in [4.78, 5) is 29.2. The quantitative estimate of drug-likeness (QED) is 0.861. The predicted molar refractivity (Wildman–Crippen MR) is 76.1 cm³/mol. The summed E-state index contributed by atoms with van der Waals surface area (Å²) in [6.45, 7) is 5.04. The molecule has 2 heterocycles. The van der Waals surface area contributed by atoms with E-state index in [2.05, 4.69) is 10.3 Å². The number of piperidine rings is 1. The number of carbonyl (C=O) groups excluding carboxylic acids is 2. The number of nitrogens with one attached hydrogen (secondary N) is 1. The van der Waals surface area contributed by atoms with Crippen LogP contribution in [0.25, 0.3) is 0 Å². The first-order valence-corrected chi connectivity index (χ1v) is 7.19. The molecule has 2 rings (SSSR count). The van der Waals surface area contributed by atoms with E-state index in [1.807, 2.05) is 18.7 Å². The molecule has 5 nitrogen and oxygen atoms in total. The summed E-state index contributed by atoms with van der Waals surface area (Å²) < 4.78 is 13.0. The molecule has 0 unspecified atom stereocenters. The van der Waals surface area contributed by atoms with E-state index in [9.17, 15) is 14.0 Å². The first kappa shape index (κ1) is 15.4. The molecule has 0 radical (unpaired) electrons. The second-order valence-corrected chi connectivity index (χ2v) is 5.57. The standard InChI is InChI=1S/C15H20FN3O2/c1-10(2)15(21)19-8-6-11(7-9-19)17-14(20)12-4-3-5-13(16)18-12/h3-5,10-11H,6-9H2,1-2H3,(H,17,20). The smallest absolute Gasteiger partial charge is 0.270 e. The van der Waals surface area contributed by atoms with Crippen molar-refractivity contribution in [3.05, 3.63) is 29.8 Å². The van der Waals surface area contributed by atoms with Crippen molar-refractivity contribution in [3.63, 3.8) is 0 Å². The normalized spacial score (nSPS) is 16.1. The highest BCUT2D eigenvalue weighted by atomic mass is 19.1. The zero-order valence-electron chi connectivity index (χ0n) is 12.3. The number of hydrogen-bond donors (Lipinski definition) is 1. The van der Waals surface area contributed by atoms with E-state index in [-0.39, 0.29) is 29.5 Å². The van der Waals surface area contributed by atoms with Gasteiger partial charge in [-0.15, -0.1) is 0 Å². The lowest BCUT2D eigenvalue weighted by atomic mass is 10.0. The number of amides is 2. The van der Waals surface area contributed by atoms with Crippen molar-refractivity contribution in [1.82, 2.24) is 15.2 Å². The van der Waals surface area contributed by atoms with E-state index >= 15 is 0 Å². The molecule has 114 valence electrons. The van der Waals surface area contributed by atoms with Gasteiger partial charge in [-0.05, 0) is 25.0 Å². The average molecular weight is 293 g/mol. The molecule has 1 aromatic rings. The third-order valence-corrected chi connectivity index (χ3v) is 3.58. The minimum absolute atomic E-state index is 0.00113. The topological polar surface area (TPSA) is 62.3 Å². The summed E-state index contributed by atoms with van der Waals surface area (Å²) in [6.07, 6.45) is 1.42. The van der Waals surface area contributed by atoms with Crippen LogP contribution in [0.15, 0.2) is 18.2 Å². The van der Waals surface area contributed by atoms with Crippen molar-refractivity contribution >= 4 is 11.8 Å². The van der Waals surface area contributed by atoms with Gasteiger partial charge in [-0.25, -0.2) is 4.98 Å². The number of rotatable bonds is 3. The van der Waals surface area contributed by atoms with Gasteiger partial charge < -0.3 is 10.2 Å². The van der Waals surface area contributed by atoms with Crippen LogP contribution >= 0.6 is 0 Å². The summed E-state index contributed by atoms with van der Waals surface area (Å²) in [5.41, 5.74) is 0.0793. The third-order valence-electron chi connectivity index (χ3n) is 3.58. The van der Waals surface area contributed by atoms with E-state index in [0.717, 1.165) is 0 Å². The highest BCUT2D eigenvalue weighted by Crippen LogP contribution is 2.13. The molecule has 1 fully saturated rings. The Morgan fingerprint density at radius 3 is 2.57 bits per heavy atom. The Bertz CT molecular complexity index is 525. The summed E-state index contributed by atoms with van der Waals surface area (Å²) in [7, 11) is 0. The van der Waals surface area contributed by atoms with Crippen LogP contribution in [0.5, 0.6) is 0 Å². The molecule has 0 aliphatic carbocycles. The van der Waals surface area contributed by atoms with Gasteiger partial charge in [-0.1, -0.05) is 19.9 Å². The Kier molecular flexibility index (Phi) is 4.88. The number of nitrogens with zero attached hydrogens (tertiary/aromatic N) is 2. The average Bonchev–Trinajstić information content (AvgIpc) is 2.47. The predicted octanol–water partition coefficient (Wildman–Crippen LogP) is 1.60. The fraction of sp³-hybridized carbons (Fsp3) is 0.533. The van der Waals surface area contributed by atoms with Crippen LogP contribution in [-0.2, 0) is 4.79 Å². The molecule has 21 heavy (non-hydrogen) atoms. The summed E-state index contributed by atoms with van der Waals surface area (Å²) in [5, 5.41) is 2.85. The van der Waals surface area contributed by atoms with Crippen LogP contribution < -0.4 is 5.32 Å². The van der Waals surface area contributed by atoms with Crippen molar-refractivity contribution in [3.8, 4) is 0 Å². The van der Waals surface area contributed by atoms with E-state index in [4.69, 9.17) is 0 Å². The van der Waals surface area contributed by atoms with Crippen molar-refractivity contribution in [1.29, 1.82) is 0 Å². The van der Waals surface area contributed by atoms with Crippen LogP contribution in [0.4, 0.5) is 4.39 Å². The van der Waals surface area contributed by atoms with Gasteiger partial charge in [0.05, 0.1) is 0 Å². The molecule has 1 aliphatic rings. The van der Waals surface area contributed by atoms with Gasteiger partial charge in [0.15, 0.2) is 0 Å². The second kappa shape index (κ2) is 6.65. The van der Waals surface area contributed by atoms with E-state index in [0.29, 0.717) is 25.9 Å². The van der Waals surface area contributed by atoms with Gasteiger partial charge in [0.1, 0.15) is 5.69 Å². The molecule has 6 heteroatoms. The lowest BCUT2D eigenvalue weighted by molar-refractivity contribution is -0.135. The summed E-state index contributed by atoms with van der Waals surface area (Å²) >= 11 is 0. The van der Waals surface area contributed by atoms with Crippen molar-refractivity contribution in [2.24, 2.45) is 5.92 Å². The van der Waals surface area contributed by atoms with Gasteiger partial charge in [0, 0.05) is 25.0 Å². The zero-order chi connectivity index (χ0) is 15.4. The maximum Gasteiger partial charge on any atom is 0.270 e. The van der Waals surface area contributed by atoms with Crippen molar-refractivity contribution < 1.29 is 14.0 Å². The Morgan fingerprint density at radius 1 is 1.33 bits per heavy atom. The molecule has 1 aliphatic heterocycles. The minimum atomic E-state index is -0.667.